The molecule has 1 aromatic rings. The SMILES string of the molecule is CCCCOCC(O)COc1ccc(C(C)O)cc1Cl. The molecule has 5 heteroatoms. The van der Waals surface area contributed by atoms with E-state index in [1.807, 2.05) is 0 Å². The molecule has 0 amide bonds. The van der Waals surface area contributed by atoms with Crippen molar-refractivity contribution >= 4 is 11.6 Å². The summed E-state index contributed by atoms with van der Waals surface area (Å²) in [6.07, 6.45) is 0.802. The van der Waals surface area contributed by atoms with Gasteiger partial charge in [-0.3, -0.25) is 0 Å². The molecule has 0 heterocycles. The molecule has 0 aromatic heterocycles. The normalized spacial score (nSPS) is 14.1. The highest BCUT2D eigenvalue weighted by Crippen LogP contribution is 2.27. The number of unbranched alkanes of at least 4 members (excludes halogenated alkanes) is 1. The zero-order valence-corrected chi connectivity index (χ0v) is 12.8. The van der Waals surface area contributed by atoms with Crippen molar-refractivity contribution in [1.82, 2.24) is 0 Å². The zero-order chi connectivity index (χ0) is 15.0. The Balaban J connectivity index is 2.37. The summed E-state index contributed by atoms with van der Waals surface area (Å²) in [6, 6.07) is 5.09. The molecule has 2 N–H and O–H groups in total. The fourth-order valence-electron chi connectivity index (χ4n) is 1.59. The van der Waals surface area contributed by atoms with Crippen molar-refractivity contribution in [1.29, 1.82) is 0 Å². The topological polar surface area (TPSA) is 58.9 Å². The van der Waals surface area contributed by atoms with Gasteiger partial charge in [-0.25, -0.2) is 0 Å². The predicted molar refractivity (Wildman–Crippen MR) is 79.3 cm³/mol. The van der Waals surface area contributed by atoms with Crippen LogP contribution in [0.3, 0.4) is 0 Å². The van der Waals surface area contributed by atoms with Gasteiger partial charge in [0.15, 0.2) is 0 Å². The van der Waals surface area contributed by atoms with E-state index in [9.17, 15) is 10.2 Å². The standard InChI is InChI=1S/C15H23ClO4/c1-3-4-7-19-9-13(18)10-20-15-6-5-12(11(2)17)8-14(15)16/h5-6,8,11,13,17-18H,3-4,7,9-10H2,1-2H3. The Morgan fingerprint density at radius 3 is 2.60 bits per heavy atom. The quantitative estimate of drug-likeness (QED) is 0.689. The molecule has 0 aliphatic carbocycles. The van der Waals surface area contributed by atoms with E-state index in [0.717, 1.165) is 18.4 Å². The molecule has 0 spiro atoms. The van der Waals surface area contributed by atoms with E-state index >= 15 is 0 Å². The van der Waals surface area contributed by atoms with Crippen LogP contribution in [0.1, 0.15) is 38.4 Å². The lowest BCUT2D eigenvalue weighted by Crippen LogP contribution is -2.23. The van der Waals surface area contributed by atoms with Gasteiger partial charge in [-0.15, -0.1) is 0 Å². The third-order valence-corrected chi connectivity index (χ3v) is 3.12. The molecule has 20 heavy (non-hydrogen) atoms. The van der Waals surface area contributed by atoms with Gasteiger partial charge in [-0.1, -0.05) is 31.0 Å². The number of hydrogen-bond donors (Lipinski definition) is 2. The van der Waals surface area contributed by atoms with Crippen molar-refractivity contribution < 1.29 is 19.7 Å². The smallest absolute Gasteiger partial charge is 0.138 e. The Hall–Kier alpha value is -0.810. The molecule has 0 saturated heterocycles. The van der Waals surface area contributed by atoms with E-state index in [-0.39, 0.29) is 13.2 Å². The van der Waals surface area contributed by atoms with Crippen molar-refractivity contribution in [3.05, 3.63) is 28.8 Å². The van der Waals surface area contributed by atoms with E-state index in [0.29, 0.717) is 17.4 Å². The highest BCUT2D eigenvalue weighted by atomic mass is 35.5. The fourth-order valence-corrected chi connectivity index (χ4v) is 1.84. The Morgan fingerprint density at radius 1 is 1.25 bits per heavy atom. The highest BCUT2D eigenvalue weighted by Gasteiger charge is 2.09. The molecule has 0 fully saturated rings. The summed E-state index contributed by atoms with van der Waals surface area (Å²) >= 11 is 6.05. The number of aliphatic hydroxyl groups is 2. The Labute approximate surface area is 125 Å². The summed E-state index contributed by atoms with van der Waals surface area (Å²) in [4.78, 5) is 0. The van der Waals surface area contributed by atoms with E-state index in [1.165, 1.54) is 0 Å². The zero-order valence-electron chi connectivity index (χ0n) is 12.0. The Morgan fingerprint density at radius 2 is 2.00 bits per heavy atom. The lowest BCUT2D eigenvalue weighted by Gasteiger charge is -2.14. The maximum absolute atomic E-state index is 9.71. The molecule has 4 nitrogen and oxygen atoms in total. The molecule has 114 valence electrons. The van der Waals surface area contributed by atoms with Crippen LogP contribution in [0.2, 0.25) is 5.02 Å². The number of hydrogen-bond acceptors (Lipinski definition) is 4. The summed E-state index contributed by atoms with van der Waals surface area (Å²) in [5.74, 6) is 0.490. The van der Waals surface area contributed by atoms with Crippen LogP contribution in [0.25, 0.3) is 0 Å². The van der Waals surface area contributed by atoms with Crippen LogP contribution in [-0.2, 0) is 4.74 Å². The minimum Gasteiger partial charge on any atom is -0.489 e. The minimum atomic E-state index is -0.681. The Kier molecular flexibility index (Phi) is 7.92. The van der Waals surface area contributed by atoms with Crippen molar-refractivity contribution in [2.75, 3.05) is 19.8 Å². The average Bonchev–Trinajstić information content (AvgIpc) is 2.42. The summed E-state index contributed by atoms with van der Waals surface area (Å²) < 4.78 is 10.8. The van der Waals surface area contributed by atoms with E-state index in [1.54, 1.807) is 25.1 Å². The van der Waals surface area contributed by atoms with Gasteiger partial charge in [0, 0.05) is 6.61 Å². The monoisotopic (exact) mass is 302 g/mol. The molecule has 0 radical (unpaired) electrons. The van der Waals surface area contributed by atoms with Crippen molar-refractivity contribution in [3.8, 4) is 5.75 Å². The first-order chi connectivity index (χ1) is 9.54. The lowest BCUT2D eigenvalue weighted by atomic mass is 10.1. The van der Waals surface area contributed by atoms with Crippen LogP contribution in [-0.4, -0.2) is 36.1 Å². The summed E-state index contributed by atoms with van der Waals surface area (Å²) in [6.45, 7) is 4.78. The van der Waals surface area contributed by atoms with Crippen molar-refractivity contribution in [2.45, 2.75) is 38.9 Å². The van der Waals surface area contributed by atoms with Gasteiger partial charge in [0.25, 0.3) is 0 Å². The molecular weight excluding hydrogens is 280 g/mol. The van der Waals surface area contributed by atoms with Crippen molar-refractivity contribution in [3.63, 3.8) is 0 Å². The van der Waals surface area contributed by atoms with Gasteiger partial charge in [-0.2, -0.15) is 0 Å². The summed E-state index contributed by atoms with van der Waals surface area (Å²) in [7, 11) is 0. The third-order valence-electron chi connectivity index (χ3n) is 2.82. The Bertz CT molecular complexity index is 395. The van der Waals surface area contributed by atoms with Gasteiger partial charge in [0.05, 0.1) is 17.7 Å². The van der Waals surface area contributed by atoms with Gasteiger partial charge < -0.3 is 19.7 Å². The highest BCUT2D eigenvalue weighted by molar-refractivity contribution is 6.32. The molecular formula is C15H23ClO4. The molecule has 0 bridgehead atoms. The van der Waals surface area contributed by atoms with Crippen LogP contribution >= 0.6 is 11.6 Å². The largest absolute Gasteiger partial charge is 0.489 e. The first kappa shape index (κ1) is 17.2. The van der Waals surface area contributed by atoms with Gasteiger partial charge in [0.1, 0.15) is 18.5 Å². The van der Waals surface area contributed by atoms with Crippen LogP contribution in [0.4, 0.5) is 0 Å². The molecule has 2 unspecified atom stereocenters. The first-order valence-electron chi connectivity index (χ1n) is 6.90. The van der Waals surface area contributed by atoms with Crippen LogP contribution < -0.4 is 4.74 Å². The molecule has 1 aromatic carbocycles. The van der Waals surface area contributed by atoms with Crippen LogP contribution in [0.15, 0.2) is 18.2 Å². The molecule has 2 atom stereocenters. The third kappa shape index (κ3) is 6.09. The second-order valence-electron chi connectivity index (χ2n) is 4.76. The van der Waals surface area contributed by atoms with E-state index in [4.69, 9.17) is 21.1 Å². The van der Waals surface area contributed by atoms with Gasteiger partial charge in [0.2, 0.25) is 0 Å². The molecule has 0 aliphatic heterocycles. The molecule has 1 rings (SSSR count). The van der Waals surface area contributed by atoms with Crippen LogP contribution in [0.5, 0.6) is 5.75 Å². The average molecular weight is 303 g/mol. The first-order valence-corrected chi connectivity index (χ1v) is 7.28. The second-order valence-corrected chi connectivity index (χ2v) is 5.17. The maximum Gasteiger partial charge on any atom is 0.138 e. The maximum atomic E-state index is 9.71. The van der Waals surface area contributed by atoms with Crippen LogP contribution in [0, 0.1) is 0 Å². The van der Waals surface area contributed by atoms with E-state index in [2.05, 4.69) is 6.92 Å². The minimum absolute atomic E-state index is 0.125. The predicted octanol–water partition coefficient (Wildman–Crippen LogP) is 2.95. The van der Waals surface area contributed by atoms with Gasteiger partial charge in [-0.05, 0) is 31.0 Å². The number of halogens is 1. The summed E-state index contributed by atoms with van der Waals surface area (Å²) in [5.41, 5.74) is 0.728. The summed E-state index contributed by atoms with van der Waals surface area (Å²) in [5, 5.41) is 19.6. The number of benzene rings is 1. The second kappa shape index (κ2) is 9.19. The number of rotatable bonds is 9. The molecule has 0 aliphatic rings. The number of ether oxygens (including phenoxy) is 2. The van der Waals surface area contributed by atoms with E-state index < -0.39 is 12.2 Å². The molecule has 0 saturated carbocycles. The lowest BCUT2D eigenvalue weighted by molar-refractivity contribution is 0.0113. The number of aliphatic hydroxyl groups excluding tert-OH is 2. The van der Waals surface area contributed by atoms with Crippen molar-refractivity contribution in [2.24, 2.45) is 0 Å². The van der Waals surface area contributed by atoms with Gasteiger partial charge >= 0.3 is 0 Å². The fraction of sp³-hybridized carbons (Fsp3) is 0.600.